The third-order valence-corrected chi connectivity index (χ3v) is 7.11. The van der Waals surface area contributed by atoms with Crippen molar-refractivity contribution in [3.63, 3.8) is 0 Å². The normalized spacial score (nSPS) is 15.9. The summed E-state index contributed by atoms with van der Waals surface area (Å²) in [6.07, 6.45) is 7.96. The van der Waals surface area contributed by atoms with Crippen LogP contribution in [0.2, 0.25) is 0 Å². The molecule has 0 bridgehead atoms. The van der Waals surface area contributed by atoms with Crippen molar-refractivity contribution >= 4 is 10.9 Å². The van der Waals surface area contributed by atoms with E-state index in [1.54, 1.807) is 7.11 Å². The van der Waals surface area contributed by atoms with Gasteiger partial charge in [0.25, 0.3) is 5.56 Å². The zero-order valence-corrected chi connectivity index (χ0v) is 21.0. The third kappa shape index (κ3) is 5.39. The first-order chi connectivity index (χ1) is 16.5. The first-order valence-corrected chi connectivity index (χ1v) is 12.7. The Labute approximate surface area is 201 Å². The Balaban J connectivity index is 1.74. The Morgan fingerprint density at radius 1 is 1.21 bits per heavy atom. The van der Waals surface area contributed by atoms with Crippen molar-refractivity contribution in [2.75, 3.05) is 13.7 Å². The molecule has 0 spiro atoms. The van der Waals surface area contributed by atoms with Gasteiger partial charge in [0.15, 0.2) is 5.82 Å². The van der Waals surface area contributed by atoms with Crippen LogP contribution < -0.4 is 5.56 Å². The van der Waals surface area contributed by atoms with Crippen LogP contribution in [-0.4, -0.2) is 49.8 Å². The van der Waals surface area contributed by atoms with Crippen molar-refractivity contribution in [1.82, 2.24) is 30.1 Å². The molecule has 8 nitrogen and oxygen atoms in total. The number of fused-ring (bicyclic) bond motifs is 1. The zero-order valence-electron chi connectivity index (χ0n) is 21.0. The third-order valence-electron chi connectivity index (χ3n) is 7.11. The lowest BCUT2D eigenvalue weighted by Gasteiger charge is -2.39. The molecule has 34 heavy (non-hydrogen) atoms. The summed E-state index contributed by atoms with van der Waals surface area (Å²) in [6, 6.07) is 6.78. The number of hydrogen-bond acceptors (Lipinski definition) is 6. The van der Waals surface area contributed by atoms with Gasteiger partial charge in [-0.25, -0.2) is 4.68 Å². The molecule has 8 heteroatoms. The summed E-state index contributed by atoms with van der Waals surface area (Å²) in [5.74, 6) is 0.869. The zero-order chi connectivity index (χ0) is 24.1. The van der Waals surface area contributed by atoms with E-state index >= 15 is 0 Å². The Bertz CT molecular complexity index is 1150. The van der Waals surface area contributed by atoms with Crippen molar-refractivity contribution in [3.05, 3.63) is 51.1 Å². The van der Waals surface area contributed by atoms with Gasteiger partial charge in [-0.3, -0.25) is 9.69 Å². The summed E-state index contributed by atoms with van der Waals surface area (Å²) in [4.78, 5) is 18.9. The minimum absolute atomic E-state index is 0.00691. The number of aromatic amines is 1. The average molecular weight is 467 g/mol. The summed E-state index contributed by atoms with van der Waals surface area (Å²) >= 11 is 0. The van der Waals surface area contributed by atoms with E-state index in [9.17, 15) is 4.79 Å². The van der Waals surface area contributed by atoms with Gasteiger partial charge in [-0.1, -0.05) is 38.7 Å². The van der Waals surface area contributed by atoms with Crippen LogP contribution in [0.1, 0.15) is 80.4 Å². The van der Waals surface area contributed by atoms with E-state index in [0.29, 0.717) is 25.7 Å². The van der Waals surface area contributed by atoms with Gasteiger partial charge in [0, 0.05) is 36.2 Å². The van der Waals surface area contributed by atoms with Crippen molar-refractivity contribution in [3.8, 4) is 0 Å². The number of aryl methyl sites for hydroxylation is 2. The predicted molar refractivity (Wildman–Crippen MR) is 134 cm³/mol. The minimum Gasteiger partial charge on any atom is -0.383 e. The molecular formula is C26H38N6O2. The number of benzene rings is 1. The number of hydrogen-bond donors (Lipinski definition) is 1. The maximum absolute atomic E-state index is 13.2. The van der Waals surface area contributed by atoms with Crippen molar-refractivity contribution < 1.29 is 4.74 Å². The highest BCUT2D eigenvalue weighted by atomic mass is 16.5. The van der Waals surface area contributed by atoms with Crippen LogP contribution in [0.5, 0.6) is 0 Å². The summed E-state index contributed by atoms with van der Waals surface area (Å²) in [5.41, 5.74) is 4.05. The number of pyridine rings is 1. The van der Waals surface area contributed by atoms with Crippen molar-refractivity contribution in [1.29, 1.82) is 0 Å². The summed E-state index contributed by atoms with van der Waals surface area (Å²) in [5, 5.41) is 13.8. The van der Waals surface area contributed by atoms with Gasteiger partial charge < -0.3 is 9.72 Å². The topological polar surface area (TPSA) is 88.9 Å². The molecular weight excluding hydrogens is 428 g/mol. The van der Waals surface area contributed by atoms with Gasteiger partial charge >= 0.3 is 0 Å². The van der Waals surface area contributed by atoms with Crippen LogP contribution in [0, 0.1) is 13.8 Å². The molecule has 1 saturated carbocycles. The number of aromatic nitrogens is 5. The highest BCUT2D eigenvalue weighted by molar-refractivity contribution is 5.83. The largest absolute Gasteiger partial charge is 0.383 e. The van der Waals surface area contributed by atoms with Gasteiger partial charge in [0.05, 0.1) is 19.2 Å². The van der Waals surface area contributed by atoms with E-state index < -0.39 is 0 Å². The van der Waals surface area contributed by atoms with E-state index in [-0.39, 0.29) is 11.6 Å². The highest BCUT2D eigenvalue weighted by Crippen LogP contribution is 2.33. The lowest BCUT2D eigenvalue weighted by atomic mass is 9.91. The first-order valence-electron chi connectivity index (χ1n) is 12.7. The van der Waals surface area contributed by atoms with Crippen LogP contribution >= 0.6 is 0 Å². The molecule has 3 aromatic rings. The summed E-state index contributed by atoms with van der Waals surface area (Å²) in [7, 11) is 1.69. The molecule has 0 unspecified atom stereocenters. The fraction of sp³-hybridized carbons (Fsp3) is 0.615. The van der Waals surface area contributed by atoms with Gasteiger partial charge in [0.2, 0.25) is 0 Å². The monoisotopic (exact) mass is 466 g/mol. The maximum atomic E-state index is 13.2. The van der Waals surface area contributed by atoms with Crippen LogP contribution in [0.3, 0.4) is 0 Å². The van der Waals surface area contributed by atoms with E-state index in [2.05, 4.69) is 64.4 Å². The Morgan fingerprint density at radius 3 is 2.74 bits per heavy atom. The van der Waals surface area contributed by atoms with Gasteiger partial charge in [0.1, 0.15) is 0 Å². The molecule has 1 aliphatic carbocycles. The van der Waals surface area contributed by atoms with Crippen molar-refractivity contribution in [2.45, 2.75) is 90.9 Å². The fourth-order valence-electron chi connectivity index (χ4n) is 5.44. The number of nitrogens with one attached hydrogen (secondary N) is 1. The number of tetrazole rings is 1. The second-order valence-electron chi connectivity index (χ2n) is 9.69. The Kier molecular flexibility index (Phi) is 8.11. The van der Waals surface area contributed by atoms with Gasteiger partial charge in [-0.15, -0.1) is 5.10 Å². The molecule has 2 aromatic heterocycles. The van der Waals surface area contributed by atoms with Crippen LogP contribution in [0.4, 0.5) is 0 Å². The highest BCUT2D eigenvalue weighted by Gasteiger charge is 2.32. The number of nitrogens with zero attached hydrogens (tertiary/aromatic N) is 5. The number of ether oxygens (including phenoxy) is 1. The van der Waals surface area contributed by atoms with Crippen molar-refractivity contribution in [2.24, 2.45) is 0 Å². The smallest absolute Gasteiger partial charge is 0.252 e. The molecule has 1 N–H and O–H groups in total. The molecule has 1 fully saturated rings. The Morgan fingerprint density at radius 2 is 2.00 bits per heavy atom. The second kappa shape index (κ2) is 11.2. The first kappa shape index (κ1) is 24.5. The molecule has 1 aliphatic rings. The molecule has 0 radical (unpaired) electrons. The SMILES string of the molecule is CCC[C@@H](c1nnnn1CCOC)N(Cc1cc2c(C)cc(C)cc2[nH]c1=O)C1CCCCC1. The Hall–Kier alpha value is -2.58. The lowest BCUT2D eigenvalue weighted by Crippen LogP contribution is -2.41. The van der Waals surface area contributed by atoms with Gasteiger partial charge in [-0.2, -0.15) is 0 Å². The van der Waals surface area contributed by atoms with Crippen LogP contribution in [-0.2, 0) is 17.8 Å². The molecule has 184 valence electrons. The molecule has 0 aliphatic heterocycles. The number of H-pyrrole nitrogens is 1. The molecule has 1 atom stereocenters. The number of methoxy groups -OCH3 is 1. The minimum atomic E-state index is -0.00691. The van der Waals surface area contributed by atoms with E-state index in [4.69, 9.17) is 4.74 Å². The molecule has 2 heterocycles. The fourth-order valence-corrected chi connectivity index (χ4v) is 5.44. The van der Waals surface area contributed by atoms with Crippen LogP contribution in [0.15, 0.2) is 23.0 Å². The lowest BCUT2D eigenvalue weighted by molar-refractivity contribution is 0.0795. The average Bonchev–Trinajstić information content (AvgIpc) is 3.29. The predicted octanol–water partition coefficient (Wildman–Crippen LogP) is 4.45. The van der Waals surface area contributed by atoms with Gasteiger partial charge in [-0.05, 0) is 66.8 Å². The van der Waals surface area contributed by atoms with Crippen LogP contribution in [0.25, 0.3) is 10.9 Å². The quantitative estimate of drug-likeness (QED) is 0.475. The van der Waals surface area contributed by atoms with E-state index in [1.807, 2.05) is 4.68 Å². The van der Waals surface area contributed by atoms with E-state index in [1.165, 1.54) is 24.8 Å². The number of rotatable bonds is 10. The maximum Gasteiger partial charge on any atom is 0.252 e. The summed E-state index contributed by atoms with van der Waals surface area (Å²) in [6.45, 7) is 8.14. The molecule has 0 amide bonds. The summed E-state index contributed by atoms with van der Waals surface area (Å²) < 4.78 is 7.16. The standard InChI is InChI=1S/C26H38N6O2/c1-5-9-24(25-28-29-30-32(25)12-13-34-4)31(21-10-7-6-8-11-21)17-20-16-22-19(3)14-18(2)15-23(22)27-26(20)33/h14-16,21,24H,5-13,17H2,1-4H3,(H,27,33)/t24-/m0/s1. The molecule has 4 rings (SSSR count). The van der Waals surface area contributed by atoms with E-state index in [0.717, 1.165) is 53.5 Å². The molecule has 0 saturated heterocycles. The second-order valence-corrected chi connectivity index (χ2v) is 9.69. The molecule has 1 aromatic carbocycles.